The van der Waals surface area contributed by atoms with Crippen molar-refractivity contribution in [3.8, 4) is 5.75 Å². The molecule has 3 N–H and O–H groups in total. The molecule has 1 aliphatic heterocycles. The van der Waals surface area contributed by atoms with Crippen LogP contribution in [-0.4, -0.2) is 60.3 Å². The van der Waals surface area contributed by atoms with Crippen LogP contribution in [0.15, 0.2) is 22.7 Å². The second-order valence-electron chi connectivity index (χ2n) is 5.68. The molecule has 8 nitrogen and oxygen atoms in total. The number of ether oxygens (including phenoxy) is 1. The van der Waals surface area contributed by atoms with E-state index in [1.165, 1.54) is 4.90 Å². The monoisotopic (exact) mass is 412 g/mol. The molecule has 0 saturated carbocycles. The zero-order valence-electron chi connectivity index (χ0n) is 14.0. The van der Waals surface area contributed by atoms with Gasteiger partial charge >= 0.3 is 11.8 Å². The molecule has 0 aromatic heterocycles. The fraction of sp³-hybridized carbons (Fsp3) is 0.438. The maximum Gasteiger partial charge on any atom is 0.323 e. The number of rotatable bonds is 4. The normalized spacial score (nSPS) is 14.2. The summed E-state index contributed by atoms with van der Waals surface area (Å²) in [5, 5.41) is 0. The van der Waals surface area contributed by atoms with E-state index >= 15 is 0 Å². The summed E-state index contributed by atoms with van der Waals surface area (Å²) in [6, 6.07) is 5.75. The van der Waals surface area contributed by atoms with Crippen LogP contribution in [0.5, 0.6) is 5.75 Å². The average Bonchev–Trinajstić information content (AvgIpc) is 2.62. The summed E-state index contributed by atoms with van der Waals surface area (Å²) in [5.41, 5.74) is 2.93. The zero-order chi connectivity index (χ0) is 18.4. The molecule has 0 atom stereocenters. The van der Waals surface area contributed by atoms with Crippen molar-refractivity contribution in [2.45, 2.75) is 13.3 Å². The van der Waals surface area contributed by atoms with Crippen LogP contribution in [0.3, 0.4) is 0 Å². The van der Waals surface area contributed by atoms with Gasteiger partial charge in [-0.05, 0) is 40.5 Å². The first-order chi connectivity index (χ1) is 11.9. The van der Waals surface area contributed by atoms with Crippen LogP contribution in [0.4, 0.5) is 0 Å². The topological polar surface area (TPSA) is 105 Å². The van der Waals surface area contributed by atoms with Gasteiger partial charge in [-0.2, -0.15) is 0 Å². The van der Waals surface area contributed by atoms with Gasteiger partial charge in [-0.3, -0.25) is 19.8 Å². The third-order valence-electron chi connectivity index (χ3n) is 3.91. The van der Waals surface area contributed by atoms with Gasteiger partial charge in [-0.25, -0.2) is 5.84 Å². The van der Waals surface area contributed by atoms with Crippen molar-refractivity contribution in [1.29, 1.82) is 0 Å². The highest BCUT2D eigenvalue weighted by atomic mass is 79.9. The first kappa shape index (κ1) is 19.2. The highest BCUT2D eigenvalue weighted by Crippen LogP contribution is 2.25. The fourth-order valence-electron chi connectivity index (χ4n) is 2.49. The summed E-state index contributed by atoms with van der Waals surface area (Å²) in [6.07, 6.45) is 0.248. The Hall–Kier alpha value is -2.13. The third kappa shape index (κ3) is 5.17. The standard InChI is InChI=1S/C16H21BrN4O4/c1-11-2-3-13(12(17)10-11)25-9-4-14(22)20-5-7-21(8-6-20)16(24)15(23)19-18/h2-3,10H,4-9,18H2,1H3,(H,19,23). The van der Waals surface area contributed by atoms with Crippen molar-refractivity contribution >= 4 is 33.7 Å². The number of benzene rings is 1. The lowest BCUT2D eigenvalue weighted by atomic mass is 10.2. The molecule has 0 bridgehead atoms. The zero-order valence-corrected chi connectivity index (χ0v) is 15.5. The summed E-state index contributed by atoms with van der Waals surface area (Å²) in [4.78, 5) is 38.2. The molecule has 1 aliphatic rings. The number of amides is 3. The van der Waals surface area contributed by atoms with Crippen molar-refractivity contribution in [3.05, 3.63) is 28.2 Å². The molecule has 1 saturated heterocycles. The van der Waals surface area contributed by atoms with Gasteiger partial charge in [0.05, 0.1) is 17.5 Å². The third-order valence-corrected chi connectivity index (χ3v) is 4.53. The minimum Gasteiger partial charge on any atom is -0.492 e. The molecule has 0 aliphatic carbocycles. The number of piperazine rings is 1. The molecule has 1 heterocycles. The SMILES string of the molecule is Cc1ccc(OCCC(=O)N2CCN(C(=O)C(=O)NN)CC2)c(Br)c1. The Bertz CT molecular complexity index is 660. The number of carbonyl (C=O) groups is 3. The molecular weight excluding hydrogens is 392 g/mol. The number of nitrogens with one attached hydrogen (secondary N) is 1. The highest BCUT2D eigenvalue weighted by molar-refractivity contribution is 9.10. The van der Waals surface area contributed by atoms with Gasteiger partial charge in [0, 0.05) is 26.2 Å². The van der Waals surface area contributed by atoms with Gasteiger partial charge in [0.2, 0.25) is 5.91 Å². The molecule has 0 unspecified atom stereocenters. The second-order valence-corrected chi connectivity index (χ2v) is 6.53. The molecule has 136 valence electrons. The molecule has 9 heteroatoms. The maximum absolute atomic E-state index is 12.2. The van der Waals surface area contributed by atoms with E-state index in [-0.39, 0.29) is 18.9 Å². The van der Waals surface area contributed by atoms with Crippen molar-refractivity contribution in [1.82, 2.24) is 15.2 Å². The van der Waals surface area contributed by atoms with Crippen molar-refractivity contribution in [2.75, 3.05) is 32.8 Å². The fourth-order valence-corrected chi connectivity index (χ4v) is 3.10. The van der Waals surface area contributed by atoms with Gasteiger partial charge in [0.1, 0.15) is 5.75 Å². The van der Waals surface area contributed by atoms with Crippen LogP contribution in [0, 0.1) is 6.92 Å². The van der Waals surface area contributed by atoms with Crippen molar-refractivity contribution in [3.63, 3.8) is 0 Å². The van der Waals surface area contributed by atoms with E-state index < -0.39 is 11.8 Å². The van der Waals surface area contributed by atoms with E-state index in [4.69, 9.17) is 10.6 Å². The Labute approximate surface area is 154 Å². The van der Waals surface area contributed by atoms with E-state index in [0.717, 1.165) is 10.0 Å². The van der Waals surface area contributed by atoms with Crippen LogP contribution in [0.25, 0.3) is 0 Å². The van der Waals surface area contributed by atoms with Crippen LogP contribution >= 0.6 is 15.9 Å². The minimum atomic E-state index is -0.850. The molecule has 3 amide bonds. The maximum atomic E-state index is 12.2. The van der Waals surface area contributed by atoms with E-state index in [0.29, 0.717) is 31.9 Å². The summed E-state index contributed by atoms with van der Waals surface area (Å²) in [7, 11) is 0. The molecule has 2 rings (SSSR count). The summed E-state index contributed by atoms with van der Waals surface area (Å²) in [6.45, 7) is 3.65. The number of nitrogens with zero attached hydrogens (tertiary/aromatic N) is 2. The number of nitrogens with two attached hydrogens (primary N) is 1. The molecule has 1 fully saturated rings. The van der Waals surface area contributed by atoms with Crippen LogP contribution < -0.4 is 16.0 Å². The van der Waals surface area contributed by atoms with Crippen molar-refractivity contribution < 1.29 is 19.1 Å². The number of carbonyl (C=O) groups excluding carboxylic acids is 3. The smallest absolute Gasteiger partial charge is 0.323 e. The number of hydrogen-bond donors (Lipinski definition) is 2. The number of hydrogen-bond acceptors (Lipinski definition) is 5. The summed E-state index contributed by atoms with van der Waals surface area (Å²) in [5.74, 6) is 4.07. The molecule has 1 aromatic carbocycles. The molecule has 1 aromatic rings. The van der Waals surface area contributed by atoms with Gasteiger partial charge in [-0.1, -0.05) is 6.07 Å². The van der Waals surface area contributed by atoms with E-state index in [1.807, 2.05) is 30.5 Å². The minimum absolute atomic E-state index is 0.0430. The number of aryl methyl sites for hydroxylation is 1. The lowest BCUT2D eigenvalue weighted by Crippen LogP contribution is -2.54. The Morgan fingerprint density at radius 1 is 1.20 bits per heavy atom. The molecule has 25 heavy (non-hydrogen) atoms. The first-order valence-electron chi connectivity index (χ1n) is 7.89. The van der Waals surface area contributed by atoms with Crippen LogP contribution in [0.1, 0.15) is 12.0 Å². The van der Waals surface area contributed by atoms with Gasteiger partial charge in [0.15, 0.2) is 0 Å². The summed E-state index contributed by atoms with van der Waals surface area (Å²) >= 11 is 3.43. The van der Waals surface area contributed by atoms with Crippen LogP contribution in [-0.2, 0) is 14.4 Å². The van der Waals surface area contributed by atoms with Crippen LogP contribution in [0.2, 0.25) is 0 Å². The van der Waals surface area contributed by atoms with Crippen molar-refractivity contribution in [2.24, 2.45) is 5.84 Å². The van der Waals surface area contributed by atoms with E-state index in [1.54, 1.807) is 4.90 Å². The second kappa shape index (κ2) is 8.82. The Balaban J connectivity index is 1.75. The highest BCUT2D eigenvalue weighted by Gasteiger charge is 2.27. The lowest BCUT2D eigenvalue weighted by Gasteiger charge is -2.34. The Morgan fingerprint density at radius 2 is 1.84 bits per heavy atom. The number of hydrazine groups is 1. The molecule has 0 radical (unpaired) electrons. The predicted octanol–water partition coefficient (Wildman–Crippen LogP) is 0.187. The number of halogens is 1. The van der Waals surface area contributed by atoms with E-state index in [2.05, 4.69) is 15.9 Å². The van der Waals surface area contributed by atoms with Gasteiger partial charge < -0.3 is 14.5 Å². The quantitative estimate of drug-likeness (QED) is 0.317. The largest absolute Gasteiger partial charge is 0.492 e. The predicted molar refractivity (Wildman–Crippen MR) is 94.5 cm³/mol. The molecule has 0 spiro atoms. The Morgan fingerprint density at radius 3 is 2.44 bits per heavy atom. The average molecular weight is 413 g/mol. The Kier molecular flexibility index (Phi) is 6.77. The van der Waals surface area contributed by atoms with Gasteiger partial charge in [0.25, 0.3) is 0 Å². The van der Waals surface area contributed by atoms with E-state index in [9.17, 15) is 14.4 Å². The lowest BCUT2D eigenvalue weighted by molar-refractivity contribution is -0.148. The van der Waals surface area contributed by atoms with Gasteiger partial charge in [-0.15, -0.1) is 0 Å². The summed E-state index contributed by atoms with van der Waals surface area (Å²) < 4.78 is 6.48. The first-order valence-corrected chi connectivity index (χ1v) is 8.68. The molecular formula is C16H21BrN4O4.